The number of hydrogen-bond donors (Lipinski definition) is 1. The molecule has 10 heteroatoms. The van der Waals surface area contributed by atoms with Gasteiger partial charge >= 0.3 is 12.1 Å². The second-order valence-electron chi connectivity index (χ2n) is 6.06. The summed E-state index contributed by atoms with van der Waals surface area (Å²) in [6, 6.07) is 5.78. The van der Waals surface area contributed by atoms with Crippen molar-refractivity contribution in [3.05, 3.63) is 57.1 Å². The van der Waals surface area contributed by atoms with Gasteiger partial charge in [0, 0.05) is 5.02 Å². The molecule has 0 aliphatic rings. The molecule has 0 fully saturated rings. The van der Waals surface area contributed by atoms with Gasteiger partial charge in [-0.1, -0.05) is 23.2 Å². The van der Waals surface area contributed by atoms with Gasteiger partial charge in [-0.2, -0.15) is 13.2 Å². The maximum Gasteiger partial charge on any atom is 0.416 e. The quantitative estimate of drug-likeness (QED) is 0.616. The number of esters is 1. The lowest BCUT2D eigenvalue weighted by Crippen LogP contribution is -2.24. The zero-order chi connectivity index (χ0) is 21.8. The summed E-state index contributed by atoms with van der Waals surface area (Å²) in [5.41, 5.74) is 0.321. The van der Waals surface area contributed by atoms with Crippen molar-refractivity contribution in [2.45, 2.75) is 20.0 Å². The van der Waals surface area contributed by atoms with E-state index in [1.54, 1.807) is 26.0 Å². The number of amides is 1. The number of carbonyl (C=O) groups excluding carboxylic acids is 2. The van der Waals surface area contributed by atoms with Crippen LogP contribution in [0.3, 0.4) is 0 Å². The molecule has 0 bridgehead atoms. The molecule has 2 rings (SSSR count). The minimum Gasteiger partial charge on any atom is -0.482 e. The van der Waals surface area contributed by atoms with Crippen molar-refractivity contribution in [3.63, 3.8) is 0 Å². The largest absolute Gasteiger partial charge is 0.482 e. The standard InChI is InChI=1S/C19H16Cl2F3NO4/c1-10-5-13(6-11(2)18(10)21)28-9-17(27)29-8-16(26)25-15-7-12(19(22,23)24)3-4-14(15)20/h3-7H,8-9H2,1-2H3,(H,25,26). The lowest BCUT2D eigenvalue weighted by Gasteiger charge is -2.12. The van der Waals surface area contributed by atoms with Gasteiger partial charge in [-0.25, -0.2) is 4.79 Å². The molecule has 0 saturated carbocycles. The van der Waals surface area contributed by atoms with Crippen molar-refractivity contribution in [1.29, 1.82) is 0 Å². The van der Waals surface area contributed by atoms with Gasteiger partial charge in [0.05, 0.1) is 16.3 Å². The number of alkyl halides is 3. The smallest absolute Gasteiger partial charge is 0.416 e. The van der Waals surface area contributed by atoms with Crippen molar-refractivity contribution in [2.75, 3.05) is 18.5 Å². The second kappa shape index (κ2) is 9.37. The van der Waals surface area contributed by atoms with Crippen molar-refractivity contribution in [1.82, 2.24) is 0 Å². The molecule has 0 radical (unpaired) electrons. The molecule has 0 saturated heterocycles. The Kier molecular flexibility index (Phi) is 7.37. The molecule has 156 valence electrons. The lowest BCUT2D eigenvalue weighted by atomic mass is 10.1. The van der Waals surface area contributed by atoms with Gasteiger partial charge in [0.25, 0.3) is 5.91 Å². The summed E-state index contributed by atoms with van der Waals surface area (Å²) in [4.78, 5) is 23.6. The lowest BCUT2D eigenvalue weighted by molar-refractivity contribution is -0.149. The first kappa shape index (κ1) is 22.8. The van der Waals surface area contributed by atoms with Crippen LogP contribution < -0.4 is 10.1 Å². The Morgan fingerprint density at radius 3 is 2.24 bits per heavy atom. The van der Waals surface area contributed by atoms with E-state index in [0.717, 1.165) is 23.3 Å². The monoisotopic (exact) mass is 449 g/mol. The Hall–Kier alpha value is -2.45. The van der Waals surface area contributed by atoms with Crippen LogP contribution in [0.15, 0.2) is 30.3 Å². The second-order valence-corrected chi connectivity index (χ2v) is 6.85. The Bertz CT molecular complexity index is 909. The average molecular weight is 450 g/mol. The maximum atomic E-state index is 12.7. The number of benzene rings is 2. The third kappa shape index (κ3) is 6.54. The maximum absolute atomic E-state index is 12.7. The van der Waals surface area contributed by atoms with E-state index in [2.05, 4.69) is 5.32 Å². The van der Waals surface area contributed by atoms with E-state index in [1.165, 1.54) is 0 Å². The van der Waals surface area contributed by atoms with Crippen molar-refractivity contribution in [2.24, 2.45) is 0 Å². The fraction of sp³-hybridized carbons (Fsp3) is 0.263. The number of anilines is 1. The first-order valence-corrected chi connectivity index (χ1v) is 8.94. The van der Waals surface area contributed by atoms with E-state index in [-0.39, 0.29) is 10.7 Å². The van der Waals surface area contributed by atoms with E-state index >= 15 is 0 Å². The fourth-order valence-electron chi connectivity index (χ4n) is 2.30. The van der Waals surface area contributed by atoms with Crippen LogP contribution in [0, 0.1) is 13.8 Å². The third-order valence-electron chi connectivity index (χ3n) is 3.70. The highest BCUT2D eigenvalue weighted by Gasteiger charge is 2.31. The van der Waals surface area contributed by atoms with Crippen molar-refractivity contribution in [3.8, 4) is 5.75 Å². The van der Waals surface area contributed by atoms with Gasteiger partial charge in [0.2, 0.25) is 0 Å². The zero-order valence-electron chi connectivity index (χ0n) is 15.3. The first-order chi connectivity index (χ1) is 13.5. The Morgan fingerprint density at radius 1 is 1.03 bits per heavy atom. The Balaban J connectivity index is 1.87. The number of aryl methyl sites for hydroxylation is 2. The minimum atomic E-state index is -4.59. The number of ether oxygens (including phenoxy) is 2. The summed E-state index contributed by atoms with van der Waals surface area (Å²) in [5.74, 6) is -1.28. The van der Waals surface area contributed by atoms with E-state index in [4.69, 9.17) is 32.7 Å². The van der Waals surface area contributed by atoms with E-state index in [9.17, 15) is 22.8 Å². The summed E-state index contributed by atoms with van der Waals surface area (Å²) in [5, 5.41) is 2.67. The van der Waals surface area contributed by atoms with Crippen molar-refractivity contribution >= 4 is 40.8 Å². The molecule has 1 N–H and O–H groups in total. The number of nitrogens with one attached hydrogen (secondary N) is 1. The number of carbonyl (C=O) groups is 2. The predicted molar refractivity (Wildman–Crippen MR) is 102 cm³/mol. The van der Waals surface area contributed by atoms with Crippen molar-refractivity contribution < 1.29 is 32.2 Å². The molecule has 29 heavy (non-hydrogen) atoms. The molecule has 0 atom stereocenters. The average Bonchev–Trinajstić information content (AvgIpc) is 2.63. The van der Waals surface area contributed by atoms with Crippen LogP contribution in [0.4, 0.5) is 18.9 Å². The van der Waals surface area contributed by atoms with Crippen LogP contribution in [0.2, 0.25) is 10.0 Å². The number of hydrogen-bond acceptors (Lipinski definition) is 4. The molecule has 2 aromatic rings. The van der Waals surface area contributed by atoms with Crippen LogP contribution >= 0.6 is 23.2 Å². The molecule has 0 aromatic heterocycles. The SMILES string of the molecule is Cc1cc(OCC(=O)OCC(=O)Nc2cc(C(F)(F)F)ccc2Cl)cc(C)c1Cl. The highest BCUT2D eigenvalue weighted by molar-refractivity contribution is 6.33. The highest BCUT2D eigenvalue weighted by Crippen LogP contribution is 2.33. The summed E-state index contributed by atoms with van der Waals surface area (Å²) in [7, 11) is 0. The topological polar surface area (TPSA) is 64.6 Å². The van der Waals surface area contributed by atoms with Gasteiger partial charge in [0.15, 0.2) is 13.2 Å². The molecular formula is C19H16Cl2F3NO4. The summed E-state index contributed by atoms with van der Waals surface area (Å²) in [6.45, 7) is 2.39. The van der Waals surface area contributed by atoms with Crippen LogP contribution in [-0.2, 0) is 20.5 Å². The van der Waals surface area contributed by atoms with Crippen LogP contribution in [0.1, 0.15) is 16.7 Å². The molecule has 0 aliphatic carbocycles. The van der Waals surface area contributed by atoms with E-state index in [0.29, 0.717) is 16.8 Å². The molecular weight excluding hydrogens is 434 g/mol. The van der Waals surface area contributed by atoms with Gasteiger partial charge in [-0.15, -0.1) is 0 Å². The van der Waals surface area contributed by atoms with Gasteiger partial charge < -0.3 is 14.8 Å². The summed E-state index contributed by atoms with van der Waals surface area (Å²) < 4.78 is 48.3. The number of rotatable bonds is 6. The van der Waals surface area contributed by atoms with Crippen LogP contribution in [0.5, 0.6) is 5.75 Å². The molecule has 5 nitrogen and oxygen atoms in total. The molecule has 2 aromatic carbocycles. The third-order valence-corrected chi connectivity index (χ3v) is 4.62. The molecule has 0 heterocycles. The summed E-state index contributed by atoms with van der Waals surface area (Å²) in [6.07, 6.45) is -4.59. The van der Waals surface area contributed by atoms with E-state index in [1.807, 2.05) is 0 Å². The predicted octanol–water partition coefficient (Wildman–Crippen LogP) is 5.19. The van der Waals surface area contributed by atoms with E-state index < -0.39 is 36.8 Å². The molecule has 1 amide bonds. The van der Waals surface area contributed by atoms with Crippen LogP contribution in [-0.4, -0.2) is 25.1 Å². The Morgan fingerprint density at radius 2 is 1.66 bits per heavy atom. The van der Waals surface area contributed by atoms with Gasteiger partial charge in [-0.05, 0) is 55.3 Å². The minimum absolute atomic E-state index is 0.0884. The normalized spacial score (nSPS) is 11.1. The highest BCUT2D eigenvalue weighted by atomic mass is 35.5. The molecule has 0 spiro atoms. The summed E-state index contributed by atoms with van der Waals surface area (Å²) >= 11 is 11.8. The fourth-order valence-corrected chi connectivity index (χ4v) is 2.58. The molecule has 0 aliphatic heterocycles. The van der Waals surface area contributed by atoms with Gasteiger partial charge in [0.1, 0.15) is 5.75 Å². The number of halogens is 5. The molecule has 0 unspecified atom stereocenters. The Labute approximate surface area is 174 Å². The van der Waals surface area contributed by atoms with Crippen LogP contribution in [0.25, 0.3) is 0 Å². The van der Waals surface area contributed by atoms with Gasteiger partial charge in [-0.3, -0.25) is 4.79 Å². The zero-order valence-corrected chi connectivity index (χ0v) is 16.8. The first-order valence-electron chi connectivity index (χ1n) is 8.19.